The van der Waals surface area contributed by atoms with E-state index < -0.39 is 24.6 Å². The highest BCUT2D eigenvalue weighted by molar-refractivity contribution is 6.47. The molecule has 7 nitrogen and oxygen atoms in total. The number of carbonyl (C=O) groups is 1. The summed E-state index contributed by atoms with van der Waals surface area (Å²) in [6, 6.07) is 7.25. The molecule has 30 heavy (non-hydrogen) atoms. The van der Waals surface area contributed by atoms with Gasteiger partial charge in [0.05, 0.1) is 12.2 Å². The molecule has 0 unspecified atom stereocenters. The van der Waals surface area contributed by atoms with Crippen LogP contribution in [0.2, 0.25) is 0 Å². The van der Waals surface area contributed by atoms with Crippen LogP contribution in [0.25, 0.3) is 0 Å². The number of nitrogens with one attached hydrogen (secondary N) is 2. The molecule has 3 atom stereocenters. The molecule has 2 aliphatic rings. The zero-order valence-electron chi connectivity index (χ0n) is 16.7. The Morgan fingerprint density at radius 1 is 1.40 bits per heavy atom. The Balaban J connectivity index is 1.65. The van der Waals surface area contributed by atoms with Gasteiger partial charge in [0.25, 0.3) is 5.91 Å². The molecule has 1 amide bonds. The second-order valence-electron chi connectivity index (χ2n) is 7.56. The standard InChI is InChI=1S/C20H25F3N4O3/c1-11(2)26-16(8-17(24)29-10-20(21,22)23)19(28)27-13-5-3-12(4-6-13)18-15-7-14(30-18)9-25-15/h3-6,8,11,14-15,18,25H,7,9-10,24H2,1-2H3,(H,27,28)/t14-,15-,18+/m1/s1. The van der Waals surface area contributed by atoms with Crippen molar-refractivity contribution in [3.63, 3.8) is 0 Å². The van der Waals surface area contributed by atoms with Gasteiger partial charge in [-0.1, -0.05) is 12.1 Å². The molecule has 10 heteroatoms. The molecule has 3 rings (SSSR count). The van der Waals surface area contributed by atoms with E-state index in [0.29, 0.717) is 11.7 Å². The summed E-state index contributed by atoms with van der Waals surface area (Å²) in [7, 11) is 0. The van der Waals surface area contributed by atoms with Gasteiger partial charge in [0.15, 0.2) is 12.5 Å². The Labute approximate surface area is 172 Å². The van der Waals surface area contributed by atoms with E-state index in [1.165, 1.54) is 0 Å². The van der Waals surface area contributed by atoms with Gasteiger partial charge in [-0.05, 0) is 38.0 Å². The summed E-state index contributed by atoms with van der Waals surface area (Å²) in [5.74, 6) is -1.15. The van der Waals surface area contributed by atoms with Crippen molar-refractivity contribution in [2.75, 3.05) is 18.5 Å². The van der Waals surface area contributed by atoms with Crippen molar-refractivity contribution < 1.29 is 27.4 Å². The number of morpholine rings is 1. The van der Waals surface area contributed by atoms with Crippen molar-refractivity contribution in [2.24, 2.45) is 10.7 Å². The van der Waals surface area contributed by atoms with Crippen LogP contribution >= 0.6 is 0 Å². The maximum Gasteiger partial charge on any atom is 0.422 e. The lowest BCUT2D eigenvalue weighted by Gasteiger charge is -2.23. The van der Waals surface area contributed by atoms with Crippen LogP contribution in [0.5, 0.6) is 0 Å². The minimum atomic E-state index is -4.53. The molecule has 0 saturated carbocycles. The first-order chi connectivity index (χ1) is 14.1. The number of amides is 1. The summed E-state index contributed by atoms with van der Waals surface area (Å²) in [5, 5.41) is 6.08. The van der Waals surface area contributed by atoms with Gasteiger partial charge in [-0.25, -0.2) is 0 Å². The lowest BCUT2D eigenvalue weighted by atomic mass is 10.0. The lowest BCUT2D eigenvalue weighted by Crippen LogP contribution is -2.34. The molecular weight excluding hydrogens is 401 g/mol. The monoisotopic (exact) mass is 426 g/mol. The molecule has 1 aromatic rings. The van der Waals surface area contributed by atoms with Crippen LogP contribution in [0.1, 0.15) is 31.9 Å². The van der Waals surface area contributed by atoms with Crippen molar-refractivity contribution in [2.45, 2.75) is 50.7 Å². The number of rotatable bonds is 7. The zero-order valence-corrected chi connectivity index (χ0v) is 16.7. The van der Waals surface area contributed by atoms with Crippen LogP contribution in [-0.4, -0.2) is 49.1 Å². The molecule has 2 saturated heterocycles. The van der Waals surface area contributed by atoms with E-state index in [9.17, 15) is 18.0 Å². The summed E-state index contributed by atoms with van der Waals surface area (Å²) < 4.78 is 47.2. The molecule has 2 aliphatic heterocycles. The fourth-order valence-corrected chi connectivity index (χ4v) is 3.41. The number of hydrogen-bond acceptors (Lipinski definition) is 6. The third-order valence-electron chi connectivity index (χ3n) is 4.64. The third kappa shape index (κ3) is 5.96. The van der Waals surface area contributed by atoms with E-state index >= 15 is 0 Å². The van der Waals surface area contributed by atoms with Crippen LogP contribution < -0.4 is 16.4 Å². The quantitative estimate of drug-likeness (QED) is 0.460. The highest BCUT2D eigenvalue weighted by Gasteiger charge is 2.41. The molecule has 4 N–H and O–H groups in total. The van der Waals surface area contributed by atoms with E-state index in [1.807, 2.05) is 12.1 Å². The predicted octanol–water partition coefficient (Wildman–Crippen LogP) is 2.66. The van der Waals surface area contributed by atoms with Gasteiger partial charge < -0.3 is 25.8 Å². The number of ether oxygens (including phenoxy) is 2. The average Bonchev–Trinajstić information content (AvgIpc) is 3.29. The number of halogens is 3. The van der Waals surface area contributed by atoms with E-state index in [2.05, 4.69) is 20.4 Å². The second kappa shape index (κ2) is 9.05. The SMILES string of the molecule is CC(C)N=C(C=C(N)OCC(F)(F)F)C(=O)Nc1ccc([C@@H]2O[C@H]3CN[C@@H]2C3)cc1. The highest BCUT2D eigenvalue weighted by atomic mass is 19.4. The zero-order chi connectivity index (χ0) is 21.9. The van der Waals surface area contributed by atoms with Crippen LogP contribution in [0.3, 0.4) is 0 Å². The van der Waals surface area contributed by atoms with Crippen molar-refractivity contribution in [3.8, 4) is 0 Å². The molecule has 0 radical (unpaired) electrons. The molecular formula is C20H25F3N4O3. The number of aliphatic imine (C=N–C) groups is 1. The molecule has 2 fully saturated rings. The summed E-state index contributed by atoms with van der Waals surface area (Å²) in [6.45, 7) is 2.78. The molecule has 0 aromatic heterocycles. The minimum Gasteiger partial charge on any atom is -0.470 e. The number of hydrogen-bond donors (Lipinski definition) is 3. The maximum atomic E-state index is 12.6. The fraction of sp³-hybridized carbons (Fsp3) is 0.500. The predicted molar refractivity (Wildman–Crippen MR) is 106 cm³/mol. The Morgan fingerprint density at radius 2 is 2.10 bits per heavy atom. The van der Waals surface area contributed by atoms with Gasteiger partial charge in [-0.3, -0.25) is 9.79 Å². The number of anilines is 1. The highest BCUT2D eigenvalue weighted by Crippen LogP contribution is 2.37. The van der Waals surface area contributed by atoms with Crippen LogP contribution in [-0.2, 0) is 14.3 Å². The normalized spacial score (nSPS) is 24.4. The van der Waals surface area contributed by atoms with Gasteiger partial charge in [0, 0.05) is 30.4 Å². The Bertz CT molecular complexity index is 822. The molecule has 164 valence electrons. The van der Waals surface area contributed by atoms with E-state index in [-0.39, 0.29) is 24.0 Å². The maximum absolute atomic E-state index is 12.6. The number of benzene rings is 1. The van der Waals surface area contributed by atoms with Crippen molar-refractivity contribution in [3.05, 3.63) is 41.8 Å². The Kier molecular flexibility index (Phi) is 6.67. The average molecular weight is 426 g/mol. The first-order valence-corrected chi connectivity index (χ1v) is 9.65. The van der Waals surface area contributed by atoms with Gasteiger partial charge in [0.1, 0.15) is 5.71 Å². The van der Waals surface area contributed by atoms with Crippen molar-refractivity contribution in [1.29, 1.82) is 0 Å². The number of nitrogens with two attached hydrogens (primary N) is 1. The van der Waals surface area contributed by atoms with Crippen molar-refractivity contribution in [1.82, 2.24) is 5.32 Å². The van der Waals surface area contributed by atoms with Gasteiger partial charge in [-0.2, -0.15) is 13.2 Å². The van der Waals surface area contributed by atoms with Crippen LogP contribution in [0, 0.1) is 0 Å². The first-order valence-electron chi connectivity index (χ1n) is 9.65. The number of nitrogens with zero attached hydrogens (tertiary/aromatic N) is 1. The van der Waals surface area contributed by atoms with E-state index in [1.54, 1.807) is 26.0 Å². The lowest BCUT2D eigenvalue weighted by molar-refractivity contribution is -0.165. The first kappa shape index (κ1) is 22.1. The molecule has 2 bridgehead atoms. The number of fused-ring (bicyclic) bond motifs is 2. The summed E-state index contributed by atoms with van der Waals surface area (Å²) in [4.78, 5) is 16.7. The van der Waals surface area contributed by atoms with Gasteiger partial charge >= 0.3 is 6.18 Å². The Hall–Kier alpha value is -2.59. The molecule has 0 aliphatic carbocycles. The Morgan fingerprint density at radius 3 is 2.63 bits per heavy atom. The topological polar surface area (TPSA) is 98.0 Å². The third-order valence-corrected chi connectivity index (χ3v) is 4.64. The van der Waals surface area contributed by atoms with Crippen LogP contribution in [0.15, 0.2) is 41.2 Å². The molecule has 1 aromatic carbocycles. The summed E-state index contributed by atoms with van der Waals surface area (Å²) in [5.41, 5.74) is 6.86. The molecule has 2 heterocycles. The largest absolute Gasteiger partial charge is 0.470 e. The summed E-state index contributed by atoms with van der Waals surface area (Å²) >= 11 is 0. The number of carbonyl (C=O) groups excluding carboxylic acids is 1. The smallest absolute Gasteiger partial charge is 0.422 e. The van der Waals surface area contributed by atoms with E-state index in [0.717, 1.165) is 24.6 Å². The van der Waals surface area contributed by atoms with Crippen molar-refractivity contribution >= 4 is 17.3 Å². The van der Waals surface area contributed by atoms with Gasteiger partial charge in [-0.15, -0.1) is 0 Å². The van der Waals surface area contributed by atoms with Crippen LogP contribution in [0.4, 0.5) is 18.9 Å². The summed E-state index contributed by atoms with van der Waals surface area (Å²) in [6.07, 6.45) is -2.33. The molecule has 0 spiro atoms. The number of alkyl halides is 3. The second-order valence-corrected chi connectivity index (χ2v) is 7.56. The van der Waals surface area contributed by atoms with Gasteiger partial charge in [0.2, 0.25) is 0 Å². The minimum absolute atomic E-state index is 0.0138. The fourth-order valence-electron chi connectivity index (χ4n) is 3.41. The van der Waals surface area contributed by atoms with E-state index in [4.69, 9.17) is 10.5 Å².